The van der Waals surface area contributed by atoms with Gasteiger partial charge in [-0.3, -0.25) is 14.5 Å². The number of rotatable bonds is 8. The van der Waals surface area contributed by atoms with Crippen molar-refractivity contribution in [1.29, 1.82) is 0 Å². The highest BCUT2D eigenvalue weighted by atomic mass is 32.1. The fourth-order valence-electron chi connectivity index (χ4n) is 4.62. The summed E-state index contributed by atoms with van der Waals surface area (Å²) in [5, 5.41) is 11.8. The van der Waals surface area contributed by atoms with Crippen molar-refractivity contribution >= 4 is 44.1 Å². The largest absolute Gasteiger partial charge is 0.507 e. The van der Waals surface area contributed by atoms with Gasteiger partial charge in [0.05, 0.1) is 42.7 Å². The molecule has 1 aliphatic rings. The zero-order chi connectivity index (χ0) is 27.7. The van der Waals surface area contributed by atoms with Gasteiger partial charge in [0.2, 0.25) is 0 Å². The Kier molecular flexibility index (Phi) is 7.26. The minimum absolute atomic E-state index is 0.0105. The van der Waals surface area contributed by atoms with Gasteiger partial charge in [0.25, 0.3) is 5.78 Å². The van der Waals surface area contributed by atoms with Gasteiger partial charge in [0.15, 0.2) is 5.13 Å². The highest BCUT2D eigenvalue weighted by Gasteiger charge is 2.48. The average Bonchev–Trinajstić information content (AvgIpc) is 3.49. The molecule has 1 saturated heterocycles. The van der Waals surface area contributed by atoms with E-state index < -0.39 is 17.7 Å². The maximum absolute atomic E-state index is 13.5. The van der Waals surface area contributed by atoms with E-state index in [2.05, 4.69) is 4.98 Å². The Bertz CT molecular complexity index is 1590. The van der Waals surface area contributed by atoms with Gasteiger partial charge >= 0.3 is 5.91 Å². The molecule has 8 nitrogen and oxygen atoms in total. The van der Waals surface area contributed by atoms with Gasteiger partial charge in [-0.15, -0.1) is 0 Å². The number of aliphatic hydroxyl groups is 1. The van der Waals surface area contributed by atoms with Crippen LogP contribution >= 0.6 is 11.3 Å². The molecule has 200 valence electrons. The van der Waals surface area contributed by atoms with Crippen LogP contribution in [-0.4, -0.2) is 42.6 Å². The number of thiazole rings is 1. The molecule has 0 saturated carbocycles. The van der Waals surface area contributed by atoms with Crippen LogP contribution in [0, 0.1) is 6.92 Å². The van der Waals surface area contributed by atoms with Gasteiger partial charge < -0.3 is 19.3 Å². The number of methoxy groups -OCH3 is 2. The smallest absolute Gasteiger partial charge is 0.301 e. The lowest BCUT2D eigenvalue weighted by atomic mass is 9.95. The Hall–Kier alpha value is -4.37. The topological polar surface area (TPSA) is 98.2 Å². The molecule has 0 spiro atoms. The number of hydrogen-bond donors (Lipinski definition) is 1. The first kappa shape index (κ1) is 26.2. The van der Waals surface area contributed by atoms with Crippen LogP contribution in [0.25, 0.3) is 16.0 Å². The Morgan fingerprint density at radius 3 is 2.41 bits per heavy atom. The third-order valence-electron chi connectivity index (χ3n) is 6.57. The Morgan fingerprint density at radius 1 is 1.00 bits per heavy atom. The van der Waals surface area contributed by atoms with E-state index in [9.17, 15) is 14.7 Å². The minimum Gasteiger partial charge on any atom is -0.507 e. The monoisotopic (exact) mass is 544 g/mol. The van der Waals surface area contributed by atoms with Gasteiger partial charge in [-0.05, 0) is 73.0 Å². The SMILES string of the molecule is CCCOc1ccc([C@@H]2C(=C(O)c3ccc(OC)c(C)c3)C(=O)C(=O)N2c2nc3ccc(OC)cc3s2)cc1. The van der Waals surface area contributed by atoms with Crippen LogP contribution < -0.4 is 19.1 Å². The average molecular weight is 545 g/mol. The van der Waals surface area contributed by atoms with E-state index >= 15 is 0 Å². The predicted molar refractivity (Wildman–Crippen MR) is 151 cm³/mol. The highest BCUT2D eigenvalue weighted by molar-refractivity contribution is 7.22. The number of ketones is 1. The summed E-state index contributed by atoms with van der Waals surface area (Å²) in [6.45, 7) is 4.44. The Morgan fingerprint density at radius 2 is 1.74 bits per heavy atom. The number of aliphatic hydroxyl groups excluding tert-OH is 1. The molecule has 9 heteroatoms. The van der Waals surface area contributed by atoms with E-state index in [0.717, 1.165) is 16.7 Å². The second kappa shape index (κ2) is 10.8. The number of aryl methyl sites for hydroxylation is 1. The van der Waals surface area contributed by atoms with Crippen LogP contribution in [0.4, 0.5) is 5.13 Å². The number of benzene rings is 3. The van der Waals surface area contributed by atoms with Crippen LogP contribution in [0.2, 0.25) is 0 Å². The standard InChI is InChI=1S/C30H28N2O6S/c1-5-14-38-20-9-6-18(7-10-20)26-25(27(33)19-8-13-23(37-4)17(2)15-19)28(34)29(35)32(26)30-31-22-12-11-21(36-3)16-24(22)39-30/h6-13,15-16,26,33H,5,14H2,1-4H3/t26-/m1/s1. The van der Waals surface area contributed by atoms with Gasteiger partial charge in [0, 0.05) is 5.56 Å². The predicted octanol–water partition coefficient (Wildman–Crippen LogP) is 6.04. The van der Waals surface area contributed by atoms with Crippen molar-refractivity contribution in [2.45, 2.75) is 26.3 Å². The number of amides is 1. The van der Waals surface area contributed by atoms with Crippen molar-refractivity contribution in [2.24, 2.45) is 0 Å². The number of Topliss-reactive ketones (excluding diaryl/α,β-unsaturated/α-hetero) is 1. The number of anilines is 1. The van der Waals surface area contributed by atoms with Crippen LogP contribution in [0.15, 0.2) is 66.2 Å². The summed E-state index contributed by atoms with van der Waals surface area (Å²) in [5.41, 5.74) is 2.49. The molecule has 2 heterocycles. The second-order valence-electron chi connectivity index (χ2n) is 9.10. The van der Waals surface area contributed by atoms with E-state index in [1.165, 1.54) is 16.2 Å². The van der Waals surface area contributed by atoms with Crippen molar-refractivity contribution in [3.05, 3.63) is 82.9 Å². The summed E-state index contributed by atoms with van der Waals surface area (Å²) < 4.78 is 17.2. The maximum atomic E-state index is 13.5. The molecular formula is C30H28N2O6S. The van der Waals surface area contributed by atoms with Crippen molar-refractivity contribution in [2.75, 3.05) is 25.7 Å². The van der Waals surface area contributed by atoms with E-state index in [4.69, 9.17) is 14.2 Å². The molecular weight excluding hydrogens is 516 g/mol. The molecule has 1 aliphatic heterocycles. The first-order valence-corrected chi connectivity index (χ1v) is 13.3. The van der Waals surface area contributed by atoms with Gasteiger partial charge in [0.1, 0.15) is 23.0 Å². The second-order valence-corrected chi connectivity index (χ2v) is 10.1. The third-order valence-corrected chi connectivity index (χ3v) is 7.59. The number of hydrogen-bond acceptors (Lipinski definition) is 8. The van der Waals surface area contributed by atoms with E-state index in [1.54, 1.807) is 68.8 Å². The summed E-state index contributed by atoms with van der Waals surface area (Å²) in [7, 11) is 3.14. The molecule has 3 aromatic carbocycles. The third kappa shape index (κ3) is 4.81. The van der Waals surface area contributed by atoms with Crippen LogP contribution in [-0.2, 0) is 9.59 Å². The quantitative estimate of drug-likeness (QED) is 0.164. The Labute approximate surface area is 230 Å². The number of nitrogens with zero attached hydrogens (tertiary/aromatic N) is 2. The van der Waals surface area contributed by atoms with Gasteiger partial charge in [-0.2, -0.15) is 0 Å². The van der Waals surface area contributed by atoms with Crippen LogP contribution in [0.5, 0.6) is 17.2 Å². The zero-order valence-electron chi connectivity index (χ0n) is 22.1. The fraction of sp³-hybridized carbons (Fsp3) is 0.233. The van der Waals surface area contributed by atoms with E-state index in [1.807, 2.05) is 19.9 Å². The molecule has 0 bridgehead atoms. The molecule has 0 aliphatic carbocycles. The first-order valence-electron chi connectivity index (χ1n) is 12.5. The van der Waals surface area contributed by atoms with Crippen molar-refractivity contribution in [3.8, 4) is 17.2 Å². The number of ether oxygens (including phenoxy) is 3. The summed E-state index contributed by atoms with van der Waals surface area (Å²) in [5.74, 6) is 0.180. The van der Waals surface area contributed by atoms with Crippen molar-refractivity contribution in [3.63, 3.8) is 0 Å². The summed E-state index contributed by atoms with van der Waals surface area (Å²) in [4.78, 5) is 33.1. The first-order chi connectivity index (χ1) is 18.9. The summed E-state index contributed by atoms with van der Waals surface area (Å²) in [6, 6.07) is 16.8. The molecule has 1 aromatic heterocycles. The lowest BCUT2D eigenvalue weighted by Crippen LogP contribution is -2.29. The van der Waals surface area contributed by atoms with Gasteiger partial charge in [-0.25, -0.2) is 4.98 Å². The minimum atomic E-state index is -0.893. The molecule has 1 amide bonds. The zero-order valence-corrected chi connectivity index (χ0v) is 22.9. The molecule has 4 aromatic rings. The van der Waals surface area contributed by atoms with Gasteiger partial charge in [-0.1, -0.05) is 30.4 Å². The van der Waals surface area contributed by atoms with Crippen LogP contribution in [0.3, 0.4) is 0 Å². The van der Waals surface area contributed by atoms with Crippen LogP contribution in [0.1, 0.15) is 36.1 Å². The molecule has 1 N–H and O–H groups in total. The molecule has 5 rings (SSSR count). The lowest BCUT2D eigenvalue weighted by molar-refractivity contribution is -0.132. The number of carbonyl (C=O) groups excluding carboxylic acids is 2. The molecule has 39 heavy (non-hydrogen) atoms. The molecule has 1 fully saturated rings. The number of aromatic nitrogens is 1. The highest BCUT2D eigenvalue weighted by Crippen LogP contribution is 2.45. The summed E-state index contributed by atoms with van der Waals surface area (Å²) in [6.07, 6.45) is 0.867. The summed E-state index contributed by atoms with van der Waals surface area (Å²) >= 11 is 1.28. The van der Waals surface area contributed by atoms with E-state index in [0.29, 0.717) is 45.6 Å². The number of fused-ring (bicyclic) bond motifs is 1. The normalized spacial score (nSPS) is 16.6. The molecule has 0 radical (unpaired) electrons. The fourth-order valence-corrected chi connectivity index (χ4v) is 5.64. The van der Waals surface area contributed by atoms with Crippen molar-refractivity contribution in [1.82, 2.24) is 4.98 Å². The maximum Gasteiger partial charge on any atom is 0.301 e. The van der Waals surface area contributed by atoms with E-state index in [-0.39, 0.29) is 11.3 Å². The lowest BCUT2D eigenvalue weighted by Gasteiger charge is -2.23. The Balaban J connectivity index is 1.67. The van der Waals surface area contributed by atoms with Crippen molar-refractivity contribution < 1.29 is 28.9 Å². The number of carbonyl (C=O) groups is 2. The molecule has 1 atom stereocenters. The molecule has 0 unspecified atom stereocenters.